The predicted molar refractivity (Wildman–Crippen MR) is 62.3 cm³/mol. The minimum Gasteiger partial charge on any atom is -0.144 e. The lowest BCUT2D eigenvalue weighted by Crippen LogP contribution is -1.81. The van der Waals surface area contributed by atoms with Crippen LogP contribution in [0.5, 0.6) is 0 Å². The number of fused-ring (bicyclic) bond motifs is 1. The van der Waals surface area contributed by atoms with E-state index < -0.39 is 0 Å². The van der Waals surface area contributed by atoms with Crippen LogP contribution in [0.3, 0.4) is 0 Å². The molecule has 1 aliphatic rings. The van der Waals surface area contributed by atoms with Gasteiger partial charge in [-0.3, -0.25) is 0 Å². The molecule has 1 aromatic rings. The lowest BCUT2D eigenvalue weighted by atomic mass is 10.1. The topological polar surface area (TPSA) is 0 Å². The second-order valence-electron chi connectivity index (χ2n) is 2.75. The summed E-state index contributed by atoms with van der Waals surface area (Å²) in [6.07, 6.45) is 9.73. The molecule has 70 valence electrons. The molecule has 0 N–H and O–H groups in total. The van der Waals surface area contributed by atoms with E-state index in [1.807, 2.05) is 25.2 Å². The highest BCUT2D eigenvalue weighted by Crippen LogP contribution is 2.25. The minimum atomic E-state index is 1.09. The summed E-state index contributed by atoms with van der Waals surface area (Å²) < 4.78 is 0. The molecular formula is C12H16S. The van der Waals surface area contributed by atoms with Crippen LogP contribution in [-0.4, -0.2) is 0 Å². The van der Waals surface area contributed by atoms with E-state index in [0.29, 0.717) is 0 Å². The van der Waals surface area contributed by atoms with Crippen molar-refractivity contribution in [3.8, 4) is 0 Å². The first-order chi connectivity index (χ1) is 6.38. The predicted octanol–water partition coefficient (Wildman–Crippen LogP) is 4.21. The van der Waals surface area contributed by atoms with Crippen molar-refractivity contribution in [3.63, 3.8) is 0 Å². The highest BCUT2D eigenvalue weighted by atomic mass is 32.1. The molecule has 0 fully saturated rings. The van der Waals surface area contributed by atoms with Crippen LogP contribution in [0.15, 0.2) is 23.6 Å². The average Bonchev–Trinajstić information content (AvgIpc) is 2.44. The zero-order valence-electron chi connectivity index (χ0n) is 8.50. The molecule has 0 bridgehead atoms. The van der Waals surface area contributed by atoms with Gasteiger partial charge in [0.1, 0.15) is 0 Å². The molecule has 1 aliphatic carbocycles. The van der Waals surface area contributed by atoms with E-state index in [9.17, 15) is 0 Å². The van der Waals surface area contributed by atoms with Gasteiger partial charge in [-0.2, -0.15) is 0 Å². The minimum absolute atomic E-state index is 1.09. The SMILES string of the molecule is CC.Cc1csc2c1CC=CC=C2. The standard InChI is InChI=1S/C10H10S.C2H6/c1-8-7-11-10-6-4-2-3-5-9(8)10;1-2/h2-4,6-7H,5H2,1H3;1-2H3. The van der Waals surface area contributed by atoms with Gasteiger partial charge in [0.2, 0.25) is 0 Å². The van der Waals surface area contributed by atoms with Crippen LogP contribution >= 0.6 is 11.3 Å². The number of aryl methyl sites for hydroxylation is 1. The Morgan fingerprint density at radius 2 is 2.00 bits per heavy atom. The van der Waals surface area contributed by atoms with Crippen LogP contribution in [0.4, 0.5) is 0 Å². The fourth-order valence-corrected chi connectivity index (χ4v) is 2.29. The Hall–Kier alpha value is -0.820. The summed E-state index contributed by atoms with van der Waals surface area (Å²) in [6, 6.07) is 0. The van der Waals surface area contributed by atoms with E-state index in [2.05, 4.69) is 36.6 Å². The lowest BCUT2D eigenvalue weighted by molar-refractivity contribution is 1.24. The number of allylic oxidation sites excluding steroid dienone is 3. The smallest absolute Gasteiger partial charge is 0.0308 e. The highest BCUT2D eigenvalue weighted by molar-refractivity contribution is 7.11. The van der Waals surface area contributed by atoms with Crippen molar-refractivity contribution in [2.45, 2.75) is 27.2 Å². The maximum absolute atomic E-state index is 2.23. The van der Waals surface area contributed by atoms with Crippen LogP contribution < -0.4 is 0 Å². The van der Waals surface area contributed by atoms with Crippen LogP contribution in [0.2, 0.25) is 0 Å². The van der Waals surface area contributed by atoms with E-state index in [1.165, 1.54) is 16.0 Å². The van der Waals surface area contributed by atoms with Gasteiger partial charge in [0.05, 0.1) is 0 Å². The van der Waals surface area contributed by atoms with Gasteiger partial charge in [0.25, 0.3) is 0 Å². The van der Waals surface area contributed by atoms with Gasteiger partial charge in [0.15, 0.2) is 0 Å². The molecule has 0 nitrogen and oxygen atoms in total. The second kappa shape index (κ2) is 5.03. The maximum Gasteiger partial charge on any atom is 0.0308 e. The van der Waals surface area contributed by atoms with Crippen molar-refractivity contribution in [1.82, 2.24) is 0 Å². The van der Waals surface area contributed by atoms with Crippen molar-refractivity contribution < 1.29 is 0 Å². The van der Waals surface area contributed by atoms with Crippen molar-refractivity contribution >= 4 is 17.4 Å². The number of hydrogen-bond donors (Lipinski definition) is 0. The molecule has 0 saturated carbocycles. The third kappa shape index (κ3) is 2.31. The molecule has 0 unspecified atom stereocenters. The van der Waals surface area contributed by atoms with Crippen LogP contribution in [0.1, 0.15) is 29.9 Å². The van der Waals surface area contributed by atoms with Gasteiger partial charge >= 0.3 is 0 Å². The molecule has 0 saturated heterocycles. The summed E-state index contributed by atoms with van der Waals surface area (Å²) in [5, 5.41) is 2.23. The molecule has 0 aromatic carbocycles. The van der Waals surface area contributed by atoms with E-state index in [1.54, 1.807) is 0 Å². The first kappa shape index (κ1) is 10.3. The molecular weight excluding hydrogens is 176 g/mol. The van der Waals surface area contributed by atoms with Crippen LogP contribution in [0.25, 0.3) is 6.08 Å². The fourth-order valence-electron chi connectivity index (χ4n) is 1.30. The molecule has 0 atom stereocenters. The Kier molecular flexibility index (Phi) is 3.97. The van der Waals surface area contributed by atoms with Crippen LogP contribution in [-0.2, 0) is 6.42 Å². The van der Waals surface area contributed by atoms with Crippen molar-refractivity contribution in [2.75, 3.05) is 0 Å². The van der Waals surface area contributed by atoms with Gasteiger partial charge in [-0.1, -0.05) is 32.1 Å². The van der Waals surface area contributed by atoms with E-state index in [0.717, 1.165) is 6.42 Å². The molecule has 0 spiro atoms. The first-order valence-corrected chi connectivity index (χ1v) is 5.66. The summed E-state index contributed by atoms with van der Waals surface area (Å²) in [4.78, 5) is 1.42. The summed E-state index contributed by atoms with van der Waals surface area (Å²) in [6.45, 7) is 6.18. The van der Waals surface area contributed by atoms with E-state index in [-0.39, 0.29) is 0 Å². The van der Waals surface area contributed by atoms with Gasteiger partial charge in [-0.15, -0.1) is 11.3 Å². The molecule has 13 heavy (non-hydrogen) atoms. The Labute approximate surface area is 84.6 Å². The van der Waals surface area contributed by atoms with Gasteiger partial charge in [0, 0.05) is 4.88 Å². The quantitative estimate of drug-likeness (QED) is 0.577. The Morgan fingerprint density at radius 3 is 2.77 bits per heavy atom. The van der Waals surface area contributed by atoms with Crippen molar-refractivity contribution in [3.05, 3.63) is 39.6 Å². The third-order valence-electron chi connectivity index (χ3n) is 1.95. The molecule has 2 rings (SSSR count). The molecule has 1 aromatic heterocycles. The maximum atomic E-state index is 2.23. The zero-order valence-corrected chi connectivity index (χ0v) is 9.32. The van der Waals surface area contributed by atoms with Gasteiger partial charge in [-0.25, -0.2) is 0 Å². The Balaban J connectivity index is 0.000000396. The zero-order chi connectivity index (χ0) is 9.68. The molecule has 0 amide bonds. The van der Waals surface area contributed by atoms with Crippen molar-refractivity contribution in [1.29, 1.82) is 0 Å². The monoisotopic (exact) mass is 192 g/mol. The number of thiophene rings is 1. The number of rotatable bonds is 0. The van der Waals surface area contributed by atoms with E-state index >= 15 is 0 Å². The largest absolute Gasteiger partial charge is 0.144 e. The molecule has 0 radical (unpaired) electrons. The summed E-state index contributed by atoms with van der Waals surface area (Å²) in [7, 11) is 0. The fraction of sp³-hybridized carbons (Fsp3) is 0.333. The molecule has 1 heterocycles. The highest BCUT2D eigenvalue weighted by Gasteiger charge is 2.04. The first-order valence-electron chi connectivity index (χ1n) is 4.78. The summed E-state index contributed by atoms with van der Waals surface area (Å²) in [5.74, 6) is 0. The second-order valence-corrected chi connectivity index (χ2v) is 3.66. The number of hydrogen-bond acceptors (Lipinski definition) is 1. The summed E-state index contributed by atoms with van der Waals surface area (Å²) in [5.41, 5.74) is 2.93. The third-order valence-corrected chi connectivity index (χ3v) is 3.06. The molecule has 0 aliphatic heterocycles. The Bertz CT molecular complexity index is 316. The van der Waals surface area contributed by atoms with E-state index in [4.69, 9.17) is 0 Å². The average molecular weight is 192 g/mol. The Morgan fingerprint density at radius 1 is 1.23 bits per heavy atom. The van der Waals surface area contributed by atoms with Gasteiger partial charge in [-0.05, 0) is 35.9 Å². The lowest BCUT2D eigenvalue weighted by Gasteiger charge is -1.94. The van der Waals surface area contributed by atoms with Gasteiger partial charge < -0.3 is 0 Å². The van der Waals surface area contributed by atoms with Crippen LogP contribution in [0, 0.1) is 6.92 Å². The molecule has 1 heteroatoms. The summed E-state index contributed by atoms with van der Waals surface area (Å²) >= 11 is 1.84. The normalized spacial score (nSPS) is 12.8. The van der Waals surface area contributed by atoms with Crippen molar-refractivity contribution in [2.24, 2.45) is 0 Å².